The molecule has 2 rings (SSSR count). The summed E-state index contributed by atoms with van der Waals surface area (Å²) in [6.45, 7) is 4.68. The fourth-order valence-electron chi connectivity index (χ4n) is 1.93. The SMILES string of the molecule is CCNC(C)C(=O)c1c[nH]c2ccc(Br)cc12. The highest BCUT2D eigenvalue weighted by Gasteiger charge is 2.17. The topological polar surface area (TPSA) is 44.9 Å². The smallest absolute Gasteiger partial charge is 0.181 e. The van der Waals surface area contributed by atoms with Gasteiger partial charge in [0.15, 0.2) is 5.78 Å². The molecule has 1 unspecified atom stereocenters. The molecule has 0 bridgehead atoms. The number of hydrogen-bond acceptors (Lipinski definition) is 2. The number of aromatic nitrogens is 1. The third kappa shape index (κ3) is 2.42. The van der Waals surface area contributed by atoms with Crippen molar-refractivity contribution in [3.05, 3.63) is 34.4 Å². The van der Waals surface area contributed by atoms with Gasteiger partial charge in [0, 0.05) is 27.1 Å². The van der Waals surface area contributed by atoms with Gasteiger partial charge in [0.2, 0.25) is 0 Å². The highest BCUT2D eigenvalue weighted by Crippen LogP contribution is 2.23. The molecule has 2 N–H and O–H groups in total. The van der Waals surface area contributed by atoms with E-state index >= 15 is 0 Å². The minimum absolute atomic E-state index is 0.121. The quantitative estimate of drug-likeness (QED) is 0.851. The van der Waals surface area contributed by atoms with Crippen LogP contribution < -0.4 is 5.32 Å². The lowest BCUT2D eigenvalue weighted by atomic mass is 10.0. The van der Waals surface area contributed by atoms with Crippen molar-refractivity contribution in [2.75, 3.05) is 6.54 Å². The second-order valence-corrected chi connectivity index (χ2v) is 4.95. The van der Waals surface area contributed by atoms with Gasteiger partial charge < -0.3 is 10.3 Å². The number of aromatic amines is 1. The molecule has 0 spiro atoms. The number of rotatable bonds is 4. The first kappa shape index (κ1) is 12.3. The van der Waals surface area contributed by atoms with Gasteiger partial charge >= 0.3 is 0 Å². The molecule has 4 heteroatoms. The Hall–Kier alpha value is -1.13. The maximum absolute atomic E-state index is 12.2. The average molecular weight is 295 g/mol. The normalized spacial score (nSPS) is 12.9. The van der Waals surface area contributed by atoms with Gasteiger partial charge in [-0.2, -0.15) is 0 Å². The largest absolute Gasteiger partial charge is 0.360 e. The maximum atomic E-state index is 12.2. The highest BCUT2D eigenvalue weighted by atomic mass is 79.9. The van der Waals surface area contributed by atoms with E-state index in [-0.39, 0.29) is 11.8 Å². The molecule has 3 nitrogen and oxygen atoms in total. The van der Waals surface area contributed by atoms with E-state index < -0.39 is 0 Å². The molecule has 90 valence electrons. The second kappa shape index (κ2) is 5.02. The predicted molar refractivity (Wildman–Crippen MR) is 73.5 cm³/mol. The van der Waals surface area contributed by atoms with Crippen molar-refractivity contribution in [2.45, 2.75) is 19.9 Å². The zero-order valence-electron chi connectivity index (χ0n) is 9.88. The Morgan fingerprint density at radius 3 is 3.00 bits per heavy atom. The van der Waals surface area contributed by atoms with Crippen LogP contribution in [0.15, 0.2) is 28.9 Å². The van der Waals surface area contributed by atoms with E-state index in [4.69, 9.17) is 0 Å². The summed E-state index contributed by atoms with van der Waals surface area (Å²) in [5.41, 5.74) is 1.73. The molecule has 0 saturated heterocycles. The van der Waals surface area contributed by atoms with Crippen LogP contribution in [0.25, 0.3) is 10.9 Å². The van der Waals surface area contributed by atoms with Crippen LogP contribution in [0.5, 0.6) is 0 Å². The summed E-state index contributed by atoms with van der Waals surface area (Å²) in [5.74, 6) is 0.121. The van der Waals surface area contributed by atoms with E-state index in [2.05, 4.69) is 26.2 Å². The van der Waals surface area contributed by atoms with Gasteiger partial charge in [0.05, 0.1) is 6.04 Å². The van der Waals surface area contributed by atoms with Crippen LogP contribution >= 0.6 is 15.9 Å². The number of carbonyl (C=O) groups is 1. The van der Waals surface area contributed by atoms with Gasteiger partial charge in [-0.25, -0.2) is 0 Å². The van der Waals surface area contributed by atoms with Crippen LogP contribution in [0, 0.1) is 0 Å². The summed E-state index contributed by atoms with van der Waals surface area (Å²) in [5, 5.41) is 4.10. The molecule has 1 aromatic heterocycles. The number of ketones is 1. The summed E-state index contributed by atoms with van der Waals surface area (Å²) >= 11 is 3.43. The number of nitrogens with one attached hydrogen (secondary N) is 2. The molecule has 0 aliphatic rings. The Balaban J connectivity index is 2.41. The number of carbonyl (C=O) groups excluding carboxylic acids is 1. The van der Waals surface area contributed by atoms with Gasteiger partial charge in [0.1, 0.15) is 0 Å². The molecular weight excluding hydrogens is 280 g/mol. The summed E-state index contributed by atoms with van der Waals surface area (Å²) in [7, 11) is 0. The number of hydrogen-bond donors (Lipinski definition) is 2. The van der Waals surface area contributed by atoms with Crippen molar-refractivity contribution in [1.82, 2.24) is 10.3 Å². The molecule has 0 fully saturated rings. The van der Waals surface area contributed by atoms with E-state index in [0.29, 0.717) is 0 Å². The van der Waals surface area contributed by atoms with Gasteiger partial charge in [-0.15, -0.1) is 0 Å². The minimum Gasteiger partial charge on any atom is -0.360 e. The molecule has 0 radical (unpaired) electrons. The van der Waals surface area contributed by atoms with Crippen molar-refractivity contribution in [3.63, 3.8) is 0 Å². The Morgan fingerprint density at radius 2 is 2.29 bits per heavy atom. The number of likely N-dealkylation sites (N-methyl/N-ethyl adjacent to an activating group) is 1. The lowest BCUT2D eigenvalue weighted by Crippen LogP contribution is -2.33. The standard InChI is InChI=1S/C13H15BrN2O/c1-3-15-8(2)13(17)11-7-16-12-5-4-9(14)6-10(11)12/h4-8,15-16H,3H2,1-2H3. The molecule has 0 saturated carbocycles. The van der Waals surface area contributed by atoms with Crippen LogP contribution in [-0.4, -0.2) is 23.4 Å². The van der Waals surface area contributed by atoms with Gasteiger partial charge in [-0.05, 0) is 31.7 Å². The van der Waals surface area contributed by atoms with Crippen LogP contribution in [-0.2, 0) is 0 Å². The number of Topliss-reactive ketones (excluding diaryl/α,β-unsaturated/α-hetero) is 1. The molecule has 1 atom stereocenters. The Bertz CT molecular complexity index is 547. The molecule has 0 aliphatic carbocycles. The Kier molecular flexibility index (Phi) is 3.64. The third-order valence-corrected chi connectivity index (χ3v) is 3.31. The maximum Gasteiger partial charge on any atom is 0.181 e. The third-order valence-electron chi connectivity index (χ3n) is 2.81. The number of H-pyrrole nitrogens is 1. The first-order chi connectivity index (χ1) is 8.13. The van der Waals surface area contributed by atoms with E-state index in [1.807, 2.05) is 32.0 Å². The molecular formula is C13H15BrN2O. The first-order valence-electron chi connectivity index (χ1n) is 5.67. The fourth-order valence-corrected chi connectivity index (χ4v) is 2.29. The lowest BCUT2D eigenvalue weighted by molar-refractivity contribution is 0.0953. The van der Waals surface area contributed by atoms with E-state index in [1.165, 1.54) is 0 Å². The molecule has 2 aromatic rings. The van der Waals surface area contributed by atoms with Crippen molar-refractivity contribution in [3.8, 4) is 0 Å². The van der Waals surface area contributed by atoms with Crippen molar-refractivity contribution in [2.24, 2.45) is 0 Å². The van der Waals surface area contributed by atoms with Crippen LogP contribution in [0.1, 0.15) is 24.2 Å². The monoisotopic (exact) mass is 294 g/mol. The molecule has 1 heterocycles. The summed E-state index contributed by atoms with van der Waals surface area (Å²) in [6.07, 6.45) is 1.78. The van der Waals surface area contributed by atoms with Crippen molar-refractivity contribution in [1.29, 1.82) is 0 Å². The molecule has 1 aromatic carbocycles. The minimum atomic E-state index is -0.155. The van der Waals surface area contributed by atoms with E-state index in [0.717, 1.165) is 27.5 Å². The molecule has 17 heavy (non-hydrogen) atoms. The zero-order valence-corrected chi connectivity index (χ0v) is 11.5. The molecule has 0 amide bonds. The first-order valence-corrected chi connectivity index (χ1v) is 6.47. The van der Waals surface area contributed by atoms with Crippen LogP contribution in [0.2, 0.25) is 0 Å². The summed E-state index contributed by atoms with van der Waals surface area (Å²) in [4.78, 5) is 15.3. The van der Waals surface area contributed by atoms with Crippen molar-refractivity contribution < 1.29 is 4.79 Å². The number of fused-ring (bicyclic) bond motifs is 1. The average Bonchev–Trinajstić information content (AvgIpc) is 2.71. The van der Waals surface area contributed by atoms with Crippen LogP contribution in [0.3, 0.4) is 0 Å². The Labute approximate surface area is 109 Å². The van der Waals surface area contributed by atoms with Crippen LogP contribution in [0.4, 0.5) is 0 Å². The van der Waals surface area contributed by atoms with E-state index in [1.54, 1.807) is 6.20 Å². The summed E-state index contributed by atoms with van der Waals surface area (Å²) < 4.78 is 0.981. The lowest BCUT2D eigenvalue weighted by Gasteiger charge is -2.10. The van der Waals surface area contributed by atoms with Gasteiger partial charge in [-0.3, -0.25) is 4.79 Å². The van der Waals surface area contributed by atoms with Gasteiger partial charge in [0.25, 0.3) is 0 Å². The van der Waals surface area contributed by atoms with E-state index in [9.17, 15) is 4.79 Å². The predicted octanol–water partition coefficient (Wildman–Crippen LogP) is 3.11. The fraction of sp³-hybridized carbons (Fsp3) is 0.308. The zero-order chi connectivity index (χ0) is 12.4. The van der Waals surface area contributed by atoms with Crippen molar-refractivity contribution >= 4 is 32.6 Å². The Morgan fingerprint density at radius 1 is 1.53 bits per heavy atom. The second-order valence-electron chi connectivity index (χ2n) is 4.04. The number of benzene rings is 1. The molecule has 0 aliphatic heterocycles. The number of halogens is 1. The van der Waals surface area contributed by atoms with Gasteiger partial charge in [-0.1, -0.05) is 22.9 Å². The highest BCUT2D eigenvalue weighted by molar-refractivity contribution is 9.10. The summed E-state index contributed by atoms with van der Waals surface area (Å²) in [6, 6.07) is 5.74.